The lowest BCUT2D eigenvalue weighted by molar-refractivity contribution is -0.384. The molecular formula is C17H14FN5O3S2. The lowest BCUT2D eigenvalue weighted by Gasteiger charge is -2.07. The minimum absolute atomic E-state index is 0.132. The first-order valence-electron chi connectivity index (χ1n) is 7.94. The van der Waals surface area contributed by atoms with Crippen LogP contribution in [0.1, 0.15) is 15.9 Å². The number of rotatable bonds is 7. The summed E-state index contributed by atoms with van der Waals surface area (Å²) in [6.07, 6.45) is 0. The van der Waals surface area contributed by atoms with E-state index in [0.29, 0.717) is 15.8 Å². The summed E-state index contributed by atoms with van der Waals surface area (Å²) in [5.41, 5.74) is 1.34. The number of carbonyl (C=O) groups excluding carboxylic acids is 1. The molecule has 8 nitrogen and oxygen atoms in total. The highest BCUT2D eigenvalue weighted by Crippen LogP contribution is 2.29. The van der Waals surface area contributed by atoms with E-state index in [1.165, 1.54) is 53.4 Å². The van der Waals surface area contributed by atoms with Crippen LogP contribution in [0.3, 0.4) is 0 Å². The molecule has 28 heavy (non-hydrogen) atoms. The summed E-state index contributed by atoms with van der Waals surface area (Å²) in [6.45, 7) is 0. The second-order valence-corrected chi connectivity index (χ2v) is 7.68. The van der Waals surface area contributed by atoms with Crippen molar-refractivity contribution in [3.63, 3.8) is 0 Å². The molecular weight excluding hydrogens is 405 g/mol. The van der Waals surface area contributed by atoms with Gasteiger partial charge in [0.05, 0.1) is 10.5 Å². The third-order valence-electron chi connectivity index (χ3n) is 3.63. The zero-order valence-corrected chi connectivity index (χ0v) is 16.1. The molecule has 1 heterocycles. The molecule has 0 aliphatic carbocycles. The molecule has 2 N–H and O–H groups in total. The fourth-order valence-corrected chi connectivity index (χ4v) is 3.96. The first-order valence-corrected chi connectivity index (χ1v) is 9.75. The Labute approximate surface area is 167 Å². The minimum Gasteiger partial charge on any atom is -0.387 e. The summed E-state index contributed by atoms with van der Waals surface area (Å²) >= 11 is 2.59. The Hall–Kier alpha value is -3.05. The van der Waals surface area contributed by atoms with Crippen LogP contribution in [0.25, 0.3) is 0 Å². The lowest BCUT2D eigenvalue weighted by atomic mass is 10.1. The SMILES string of the molecule is CNc1ccc([N+](=O)[O-])cc1C(=O)Nc1nnc(SCc2ccc(F)cc2)s1. The van der Waals surface area contributed by atoms with E-state index in [9.17, 15) is 19.3 Å². The second kappa shape index (κ2) is 8.76. The summed E-state index contributed by atoms with van der Waals surface area (Å²) in [7, 11) is 1.62. The molecule has 0 radical (unpaired) electrons. The van der Waals surface area contributed by atoms with Crippen LogP contribution in [0.5, 0.6) is 0 Å². The molecule has 1 aromatic heterocycles. The maximum Gasteiger partial charge on any atom is 0.270 e. The number of nitro groups is 1. The first kappa shape index (κ1) is 19.7. The summed E-state index contributed by atoms with van der Waals surface area (Å²) in [4.78, 5) is 22.9. The van der Waals surface area contributed by atoms with Crippen molar-refractivity contribution in [2.75, 3.05) is 17.7 Å². The number of hydrogen-bond acceptors (Lipinski definition) is 8. The van der Waals surface area contributed by atoms with Gasteiger partial charge in [-0.2, -0.15) is 0 Å². The van der Waals surface area contributed by atoms with Gasteiger partial charge >= 0.3 is 0 Å². The summed E-state index contributed by atoms with van der Waals surface area (Å²) in [6, 6.07) is 10.1. The highest BCUT2D eigenvalue weighted by atomic mass is 32.2. The Balaban J connectivity index is 1.67. The average molecular weight is 419 g/mol. The predicted molar refractivity (Wildman–Crippen MR) is 106 cm³/mol. The Kier molecular flexibility index (Phi) is 6.16. The van der Waals surface area contributed by atoms with E-state index in [-0.39, 0.29) is 22.2 Å². The third-order valence-corrected chi connectivity index (χ3v) is 5.67. The molecule has 11 heteroatoms. The van der Waals surface area contributed by atoms with Crippen molar-refractivity contribution in [2.24, 2.45) is 0 Å². The van der Waals surface area contributed by atoms with Crippen LogP contribution in [0.2, 0.25) is 0 Å². The molecule has 0 saturated heterocycles. The van der Waals surface area contributed by atoms with Gasteiger partial charge in [-0.05, 0) is 23.8 Å². The van der Waals surface area contributed by atoms with Crippen LogP contribution in [0.4, 0.5) is 20.9 Å². The van der Waals surface area contributed by atoms with Gasteiger partial charge in [0.25, 0.3) is 11.6 Å². The van der Waals surface area contributed by atoms with Gasteiger partial charge in [-0.25, -0.2) is 4.39 Å². The van der Waals surface area contributed by atoms with Gasteiger partial charge in [-0.3, -0.25) is 20.2 Å². The Morgan fingerprint density at radius 1 is 1.25 bits per heavy atom. The van der Waals surface area contributed by atoms with E-state index >= 15 is 0 Å². The monoisotopic (exact) mass is 419 g/mol. The number of carbonyl (C=O) groups is 1. The van der Waals surface area contributed by atoms with Crippen molar-refractivity contribution in [1.29, 1.82) is 0 Å². The van der Waals surface area contributed by atoms with Crippen LogP contribution in [0.15, 0.2) is 46.8 Å². The standard InChI is InChI=1S/C17H14FN5O3S2/c1-19-14-7-6-12(23(25)26)8-13(14)15(24)20-16-21-22-17(28-16)27-9-10-2-4-11(18)5-3-10/h2-8,19H,9H2,1H3,(H,20,21,24). The van der Waals surface area contributed by atoms with Gasteiger partial charge in [0.15, 0.2) is 4.34 Å². The quantitative estimate of drug-likeness (QED) is 0.256. The molecule has 0 atom stereocenters. The summed E-state index contributed by atoms with van der Waals surface area (Å²) in [5, 5.41) is 24.6. The zero-order valence-electron chi connectivity index (χ0n) is 14.5. The van der Waals surface area contributed by atoms with Crippen LogP contribution < -0.4 is 10.6 Å². The van der Waals surface area contributed by atoms with Crippen molar-refractivity contribution in [2.45, 2.75) is 10.1 Å². The van der Waals surface area contributed by atoms with Crippen LogP contribution in [-0.2, 0) is 5.75 Å². The highest BCUT2D eigenvalue weighted by molar-refractivity contribution is 8.00. The highest BCUT2D eigenvalue weighted by Gasteiger charge is 2.18. The third kappa shape index (κ3) is 4.81. The topological polar surface area (TPSA) is 110 Å². The molecule has 0 spiro atoms. The fraction of sp³-hybridized carbons (Fsp3) is 0.118. The molecule has 3 aromatic rings. The predicted octanol–water partition coefficient (Wildman–Crippen LogP) is 4.17. The molecule has 2 aromatic carbocycles. The number of nitrogens with zero attached hydrogens (tertiary/aromatic N) is 3. The average Bonchev–Trinajstić information content (AvgIpc) is 3.14. The number of hydrogen-bond donors (Lipinski definition) is 2. The smallest absolute Gasteiger partial charge is 0.270 e. The van der Waals surface area contributed by atoms with Gasteiger partial charge in [0, 0.05) is 30.6 Å². The van der Waals surface area contributed by atoms with Crippen molar-refractivity contribution in [3.05, 3.63) is 69.5 Å². The Bertz CT molecular complexity index is 1010. The van der Waals surface area contributed by atoms with Crippen LogP contribution >= 0.6 is 23.1 Å². The molecule has 0 fully saturated rings. The van der Waals surface area contributed by atoms with Gasteiger partial charge in [-0.15, -0.1) is 10.2 Å². The molecule has 3 rings (SSSR count). The number of nitrogens with one attached hydrogen (secondary N) is 2. The number of aromatic nitrogens is 2. The molecule has 0 unspecified atom stereocenters. The largest absolute Gasteiger partial charge is 0.387 e. The zero-order chi connectivity index (χ0) is 20.1. The second-order valence-electron chi connectivity index (χ2n) is 5.48. The first-order chi connectivity index (χ1) is 13.5. The normalized spacial score (nSPS) is 10.5. The number of amides is 1. The maximum atomic E-state index is 12.9. The molecule has 0 aliphatic rings. The van der Waals surface area contributed by atoms with E-state index in [1.807, 2.05) is 0 Å². The van der Waals surface area contributed by atoms with E-state index in [4.69, 9.17) is 0 Å². The number of halogens is 1. The van der Waals surface area contributed by atoms with Crippen molar-refractivity contribution in [3.8, 4) is 0 Å². The molecule has 0 saturated carbocycles. The number of non-ortho nitro benzene ring substituents is 1. The van der Waals surface area contributed by atoms with Gasteiger partial charge in [0.2, 0.25) is 5.13 Å². The minimum atomic E-state index is -0.564. The number of benzene rings is 2. The molecule has 144 valence electrons. The van der Waals surface area contributed by atoms with E-state index < -0.39 is 10.8 Å². The van der Waals surface area contributed by atoms with Crippen molar-refractivity contribution < 1.29 is 14.1 Å². The van der Waals surface area contributed by atoms with Crippen LogP contribution in [0, 0.1) is 15.9 Å². The van der Waals surface area contributed by atoms with Gasteiger partial charge < -0.3 is 5.32 Å². The van der Waals surface area contributed by atoms with Gasteiger partial charge in [0.1, 0.15) is 5.82 Å². The van der Waals surface area contributed by atoms with Crippen molar-refractivity contribution >= 4 is 45.5 Å². The van der Waals surface area contributed by atoms with Crippen molar-refractivity contribution in [1.82, 2.24) is 10.2 Å². The number of nitro benzene ring substituents is 1. The maximum absolute atomic E-state index is 12.9. The fourth-order valence-electron chi connectivity index (χ4n) is 2.26. The number of thioether (sulfide) groups is 1. The molecule has 0 bridgehead atoms. The van der Waals surface area contributed by atoms with Gasteiger partial charge in [-0.1, -0.05) is 35.2 Å². The summed E-state index contributed by atoms with van der Waals surface area (Å²) in [5.74, 6) is -0.242. The van der Waals surface area contributed by atoms with E-state index in [1.54, 1.807) is 19.2 Å². The van der Waals surface area contributed by atoms with E-state index in [2.05, 4.69) is 20.8 Å². The Morgan fingerprint density at radius 2 is 2.00 bits per heavy atom. The summed E-state index contributed by atoms with van der Waals surface area (Å²) < 4.78 is 13.6. The Morgan fingerprint density at radius 3 is 2.68 bits per heavy atom. The van der Waals surface area contributed by atoms with Crippen LogP contribution in [-0.4, -0.2) is 28.1 Å². The molecule has 0 aliphatic heterocycles. The lowest BCUT2D eigenvalue weighted by Crippen LogP contribution is -2.14. The number of anilines is 2. The molecule has 1 amide bonds. The van der Waals surface area contributed by atoms with E-state index in [0.717, 1.165) is 5.56 Å².